The number of hydrogen-bond acceptors (Lipinski definition) is 3. The van der Waals surface area contributed by atoms with Crippen molar-refractivity contribution in [1.82, 2.24) is 0 Å². The van der Waals surface area contributed by atoms with Gasteiger partial charge in [0, 0.05) is 0 Å². The summed E-state index contributed by atoms with van der Waals surface area (Å²) < 4.78 is 15.6. The highest BCUT2D eigenvalue weighted by atomic mass is 16.5. The average molecular weight is 181 g/mol. The Balaban J connectivity index is 3.05. The standard InChI is InChI=1S/C10H13O3/c1-4-13-10-8(11-2)6-5-7-9(10)12-3/h6-7H,4H2,1-3H3. The number of rotatable bonds is 4. The lowest BCUT2D eigenvalue weighted by Crippen LogP contribution is -1.98. The average Bonchev–Trinajstić information content (AvgIpc) is 2.18. The van der Waals surface area contributed by atoms with E-state index in [0.29, 0.717) is 23.9 Å². The molecule has 0 amide bonds. The van der Waals surface area contributed by atoms with Gasteiger partial charge in [-0.15, -0.1) is 0 Å². The minimum absolute atomic E-state index is 0.580. The van der Waals surface area contributed by atoms with E-state index in [4.69, 9.17) is 14.2 Å². The highest BCUT2D eigenvalue weighted by Gasteiger charge is 2.09. The first-order chi connectivity index (χ1) is 6.33. The first kappa shape index (κ1) is 9.71. The van der Waals surface area contributed by atoms with Crippen molar-refractivity contribution in [1.29, 1.82) is 0 Å². The molecule has 1 aromatic rings. The summed E-state index contributed by atoms with van der Waals surface area (Å²) in [4.78, 5) is 0. The van der Waals surface area contributed by atoms with Gasteiger partial charge < -0.3 is 14.2 Å². The van der Waals surface area contributed by atoms with Crippen LogP contribution in [-0.4, -0.2) is 20.8 Å². The summed E-state index contributed by atoms with van der Waals surface area (Å²) in [7, 11) is 3.18. The molecular weight excluding hydrogens is 168 g/mol. The molecule has 0 aromatic heterocycles. The summed E-state index contributed by atoms with van der Waals surface area (Å²) >= 11 is 0. The molecule has 13 heavy (non-hydrogen) atoms. The highest BCUT2D eigenvalue weighted by Crippen LogP contribution is 2.36. The van der Waals surface area contributed by atoms with E-state index in [1.165, 1.54) is 0 Å². The molecule has 71 valence electrons. The van der Waals surface area contributed by atoms with E-state index in [2.05, 4.69) is 6.07 Å². The molecule has 3 heteroatoms. The molecule has 0 fully saturated rings. The van der Waals surface area contributed by atoms with Crippen molar-refractivity contribution in [2.75, 3.05) is 20.8 Å². The Morgan fingerprint density at radius 3 is 2.08 bits per heavy atom. The zero-order chi connectivity index (χ0) is 9.68. The SMILES string of the molecule is CCOc1c(OC)c[c]cc1OC. The van der Waals surface area contributed by atoms with Crippen LogP contribution in [0.25, 0.3) is 0 Å². The summed E-state index contributed by atoms with van der Waals surface area (Å²) in [6, 6.07) is 6.33. The molecule has 0 bridgehead atoms. The van der Waals surface area contributed by atoms with Gasteiger partial charge in [0.05, 0.1) is 20.8 Å². The first-order valence-electron chi connectivity index (χ1n) is 4.08. The zero-order valence-electron chi connectivity index (χ0n) is 8.09. The lowest BCUT2D eigenvalue weighted by molar-refractivity contribution is 0.288. The predicted octanol–water partition coefficient (Wildman–Crippen LogP) is 1.90. The zero-order valence-corrected chi connectivity index (χ0v) is 8.09. The number of methoxy groups -OCH3 is 2. The number of benzene rings is 1. The van der Waals surface area contributed by atoms with E-state index >= 15 is 0 Å². The molecule has 0 saturated heterocycles. The summed E-state index contributed by atoms with van der Waals surface area (Å²) in [5.74, 6) is 1.91. The lowest BCUT2D eigenvalue weighted by Gasteiger charge is -2.12. The van der Waals surface area contributed by atoms with Crippen molar-refractivity contribution in [2.45, 2.75) is 6.92 Å². The van der Waals surface area contributed by atoms with Crippen LogP contribution in [0.1, 0.15) is 6.92 Å². The molecule has 0 N–H and O–H groups in total. The lowest BCUT2D eigenvalue weighted by atomic mass is 10.3. The molecule has 0 aliphatic heterocycles. The minimum Gasteiger partial charge on any atom is -0.493 e. The second kappa shape index (κ2) is 4.60. The fourth-order valence-corrected chi connectivity index (χ4v) is 1.04. The smallest absolute Gasteiger partial charge is 0.203 e. The Morgan fingerprint density at radius 1 is 1.15 bits per heavy atom. The van der Waals surface area contributed by atoms with Crippen LogP contribution in [0, 0.1) is 6.07 Å². The van der Waals surface area contributed by atoms with E-state index in [-0.39, 0.29) is 0 Å². The number of hydrogen-bond donors (Lipinski definition) is 0. The van der Waals surface area contributed by atoms with Crippen LogP contribution in [0.5, 0.6) is 17.2 Å². The van der Waals surface area contributed by atoms with Crippen LogP contribution in [0.15, 0.2) is 12.1 Å². The monoisotopic (exact) mass is 181 g/mol. The van der Waals surface area contributed by atoms with Crippen LogP contribution in [0.2, 0.25) is 0 Å². The topological polar surface area (TPSA) is 27.7 Å². The van der Waals surface area contributed by atoms with E-state index < -0.39 is 0 Å². The van der Waals surface area contributed by atoms with E-state index in [1.54, 1.807) is 26.4 Å². The van der Waals surface area contributed by atoms with Gasteiger partial charge in [-0.2, -0.15) is 0 Å². The fraction of sp³-hybridized carbons (Fsp3) is 0.400. The van der Waals surface area contributed by atoms with Crippen LogP contribution in [0.3, 0.4) is 0 Å². The molecule has 1 radical (unpaired) electrons. The molecule has 0 saturated carbocycles. The third-order valence-corrected chi connectivity index (χ3v) is 1.60. The quantitative estimate of drug-likeness (QED) is 0.710. The Labute approximate surface area is 78.2 Å². The van der Waals surface area contributed by atoms with Crippen molar-refractivity contribution in [3.05, 3.63) is 18.2 Å². The molecular formula is C10H13O3. The van der Waals surface area contributed by atoms with E-state index in [0.717, 1.165) is 0 Å². The van der Waals surface area contributed by atoms with E-state index in [9.17, 15) is 0 Å². The van der Waals surface area contributed by atoms with Gasteiger partial charge in [-0.05, 0) is 25.1 Å². The van der Waals surface area contributed by atoms with Crippen LogP contribution < -0.4 is 14.2 Å². The van der Waals surface area contributed by atoms with Gasteiger partial charge in [-0.25, -0.2) is 0 Å². The maximum absolute atomic E-state index is 5.38. The Bertz CT molecular complexity index is 249. The normalized spacial score (nSPS) is 9.46. The maximum atomic E-state index is 5.38. The van der Waals surface area contributed by atoms with Gasteiger partial charge in [-0.3, -0.25) is 0 Å². The third kappa shape index (κ3) is 2.05. The molecule has 1 aromatic carbocycles. The molecule has 0 aliphatic rings. The first-order valence-corrected chi connectivity index (χ1v) is 4.08. The van der Waals surface area contributed by atoms with Gasteiger partial charge in [-0.1, -0.05) is 0 Å². The van der Waals surface area contributed by atoms with Gasteiger partial charge in [0.2, 0.25) is 5.75 Å². The summed E-state index contributed by atoms with van der Waals surface area (Å²) in [5.41, 5.74) is 0. The van der Waals surface area contributed by atoms with Gasteiger partial charge >= 0.3 is 0 Å². The minimum atomic E-state index is 0.580. The van der Waals surface area contributed by atoms with Gasteiger partial charge in [0.1, 0.15) is 0 Å². The summed E-state index contributed by atoms with van der Waals surface area (Å²) in [5, 5.41) is 0. The Morgan fingerprint density at radius 2 is 1.69 bits per heavy atom. The van der Waals surface area contributed by atoms with E-state index in [1.807, 2.05) is 6.92 Å². The van der Waals surface area contributed by atoms with Crippen LogP contribution >= 0.6 is 0 Å². The Kier molecular flexibility index (Phi) is 3.43. The molecule has 0 atom stereocenters. The third-order valence-electron chi connectivity index (χ3n) is 1.60. The van der Waals surface area contributed by atoms with Gasteiger partial charge in [0.25, 0.3) is 0 Å². The molecule has 0 unspecified atom stereocenters. The van der Waals surface area contributed by atoms with Crippen molar-refractivity contribution in [3.8, 4) is 17.2 Å². The number of ether oxygens (including phenoxy) is 3. The molecule has 0 aliphatic carbocycles. The molecule has 1 rings (SSSR count). The van der Waals surface area contributed by atoms with Crippen LogP contribution in [0.4, 0.5) is 0 Å². The van der Waals surface area contributed by atoms with Crippen molar-refractivity contribution in [3.63, 3.8) is 0 Å². The Hall–Kier alpha value is -1.38. The van der Waals surface area contributed by atoms with Crippen molar-refractivity contribution < 1.29 is 14.2 Å². The maximum Gasteiger partial charge on any atom is 0.203 e. The van der Waals surface area contributed by atoms with Crippen molar-refractivity contribution in [2.24, 2.45) is 0 Å². The van der Waals surface area contributed by atoms with Crippen LogP contribution in [-0.2, 0) is 0 Å². The second-order valence-electron chi connectivity index (χ2n) is 2.35. The molecule has 3 nitrogen and oxygen atoms in total. The summed E-state index contributed by atoms with van der Waals surface area (Å²) in [6.07, 6.45) is 0. The fourth-order valence-electron chi connectivity index (χ4n) is 1.04. The van der Waals surface area contributed by atoms with Crippen molar-refractivity contribution >= 4 is 0 Å². The van der Waals surface area contributed by atoms with Gasteiger partial charge in [0.15, 0.2) is 11.5 Å². The predicted molar refractivity (Wildman–Crippen MR) is 49.6 cm³/mol. The largest absolute Gasteiger partial charge is 0.493 e. The molecule has 0 spiro atoms. The second-order valence-corrected chi connectivity index (χ2v) is 2.35. The highest BCUT2D eigenvalue weighted by molar-refractivity contribution is 5.50. The summed E-state index contributed by atoms with van der Waals surface area (Å²) in [6.45, 7) is 2.49. The molecule has 0 heterocycles.